The lowest BCUT2D eigenvalue weighted by molar-refractivity contribution is -0.0244. The molecule has 1 aliphatic rings. The molecule has 1 aliphatic heterocycles. The Morgan fingerprint density at radius 1 is 1.50 bits per heavy atom. The maximum absolute atomic E-state index is 12.9. The van der Waals surface area contributed by atoms with Crippen LogP contribution in [0.5, 0.6) is 5.88 Å². The Morgan fingerprint density at radius 2 is 2.27 bits per heavy atom. The second-order valence-electron chi connectivity index (χ2n) is 6.14. The number of allylic oxidation sites excluding steroid dienone is 1. The van der Waals surface area contributed by atoms with Crippen molar-refractivity contribution >= 4 is 6.21 Å². The van der Waals surface area contributed by atoms with Crippen molar-refractivity contribution in [1.82, 2.24) is 15.6 Å². The summed E-state index contributed by atoms with van der Waals surface area (Å²) in [6.45, 7) is 6.12. The molecule has 7 heteroatoms. The van der Waals surface area contributed by atoms with Crippen LogP contribution in [0.25, 0.3) is 0 Å². The van der Waals surface area contributed by atoms with E-state index in [2.05, 4.69) is 27.2 Å². The summed E-state index contributed by atoms with van der Waals surface area (Å²) in [5.41, 5.74) is 3.45. The number of aromatic nitrogens is 1. The first-order valence-corrected chi connectivity index (χ1v) is 8.27. The third-order valence-corrected chi connectivity index (χ3v) is 3.74. The SMILES string of the molecule is C=CC1=C(C=NCc2cnc(OCC(C)(F)F)c(C)c2)C(NC)C=CN1. The highest BCUT2D eigenvalue weighted by Crippen LogP contribution is 2.19. The summed E-state index contributed by atoms with van der Waals surface area (Å²) in [5, 5.41) is 6.33. The molecule has 2 heterocycles. The van der Waals surface area contributed by atoms with Crippen molar-refractivity contribution < 1.29 is 13.5 Å². The third-order valence-electron chi connectivity index (χ3n) is 3.74. The Kier molecular flexibility index (Phi) is 6.63. The molecule has 0 radical (unpaired) electrons. The van der Waals surface area contributed by atoms with E-state index < -0.39 is 12.5 Å². The van der Waals surface area contributed by atoms with Gasteiger partial charge < -0.3 is 15.4 Å². The Balaban J connectivity index is 2.05. The maximum atomic E-state index is 12.9. The number of aliphatic imine (C=N–C) groups is 1. The predicted molar refractivity (Wildman–Crippen MR) is 99.6 cm³/mol. The van der Waals surface area contributed by atoms with Crippen molar-refractivity contribution in [2.75, 3.05) is 13.7 Å². The number of pyridine rings is 1. The summed E-state index contributed by atoms with van der Waals surface area (Å²) < 4.78 is 30.8. The van der Waals surface area contributed by atoms with Crippen molar-refractivity contribution in [1.29, 1.82) is 0 Å². The standard InChI is InChI=1S/C19H24F2N4O/c1-5-16-15(17(22-4)6-7-24-16)11-23-9-14-8-13(2)18(25-10-14)26-12-19(3,20)21/h5-8,10-11,17,22,24H,1,9,12H2,2-4H3. The van der Waals surface area contributed by atoms with Crippen LogP contribution in [0, 0.1) is 6.92 Å². The molecule has 0 aromatic carbocycles. The van der Waals surface area contributed by atoms with Crippen LogP contribution in [0.4, 0.5) is 8.78 Å². The van der Waals surface area contributed by atoms with Gasteiger partial charge >= 0.3 is 0 Å². The van der Waals surface area contributed by atoms with Gasteiger partial charge in [-0.05, 0) is 44.0 Å². The van der Waals surface area contributed by atoms with Crippen LogP contribution in [0.2, 0.25) is 0 Å². The number of ether oxygens (including phenoxy) is 1. The Bertz CT molecular complexity index is 736. The minimum atomic E-state index is -2.89. The zero-order chi connectivity index (χ0) is 19.2. The van der Waals surface area contributed by atoms with E-state index in [0.29, 0.717) is 12.1 Å². The summed E-state index contributed by atoms with van der Waals surface area (Å²) in [7, 11) is 1.88. The number of halogens is 2. The minimum Gasteiger partial charge on any atom is -0.471 e. The molecule has 0 saturated carbocycles. The molecular weight excluding hydrogens is 338 g/mol. The van der Waals surface area contributed by atoms with Gasteiger partial charge in [0.15, 0.2) is 6.61 Å². The van der Waals surface area contributed by atoms with E-state index >= 15 is 0 Å². The molecule has 2 N–H and O–H groups in total. The van der Waals surface area contributed by atoms with Gasteiger partial charge in [0.25, 0.3) is 5.92 Å². The average molecular weight is 362 g/mol. The van der Waals surface area contributed by atoms with Crippen LogP contribution in [-0.2, 0) is 6.54 Å². The number of nitrogens with one attached hydrogen (secondary N) is 2. The maximum Gasteiger partial charge on any atom is 0.278 e. The fourth-order valence-corrected chi connectivity index (χ4v) is 2.47. The van der Waals surface area contributed by atoms with Crippen LogP contribution in [0.3, 0.4) is 0 Å². The number of likely N-dealkylation sites (N-methyl/N-ethyl adjacent to an activating group) is 1. The highest BCUT2D eigenvalue weighted by atomic mass is 19.3. The summed E-state index contributed by atoms with van der Waals surface area (Å²) in [4.78, 5) is 8.59. The van der Waals surface area contributed by atoms with Crippen LogP contribution in [0.1, 0.15) is 18.1 Å². The van der Waals surface area contributed by atoms with Gasteiger partial charge in [-0.3, -0.25) is 4.99 Å². The highest BCUT2D eigenvalue weighted by molar-refractivity contribution is 5.83. The van der Waals surface area contributed by atoms with E-state index in [1.54, 1.807) is 25.4 Å². The monoisotopic (exact) mass is 362 g/mol. The first-order valence-electron chi connectivity index (χ1n) is 8.27. The van der Waals surface area contributed by atoms with E-state index in [1.165, 1.54) is 0 Å². The third kappa shape index (κ3) is 5.49. The summed E-state index contributed by atoms with van der Waals surface area (Å²) in [6, 6.07) is 1.89. The van der Waals surface area contributed by atoms with E-state index in [9.17, 15) is 8.78 Å². The molecule has 1 unspecified atom stereocenters. The smallest absolute Gasteiger partial charge is 0.278 e. The van der Waals surface area contributed by atoms with E-state index in [0.717, 1.165) is 23.8 Å². The first kappa shape index (κ1) is 19.8. The summed E-state index contributed by atoms with van der Waals surface area (Å²) >= 11 is 0. The van der Waals surface area contributed by atoms with Gasteiger partial charge in [0.1, 0.15) is 0 Å². The fraction of sp³-hybridized carbons (Fsp3) is 0.368. The number of rotatable bonds is 8. The minimum absolute atomic E-state index is 0.0550. The average Bonchev–Trinajstić information content (AvgIpc) is 2.60. The molecule has 0 saturated heterocycles. The molecule has 0 bridgehead atoms. The molecule has 26 heavy (non-hydrogen) atoms. The Morgan fingerprint density at radius 3 is 2.88 bits per heavy atom. The molecule has 0 spiro atoms. The number of hydrogen-bond donors (Lipinski definition) is 2. The first-order chi connectivity index (χ1) is 12.3. The zero-order valence-electron chi connectivity index (χ0n) is 15.2. The molecule has 1 aromatic rings. The van der Waals surface area contributed by atoms with Crippen molar-refractivity contribution in [3.63, 3.8) is 0 Å². The van der Waals surface area contributed by atoms with E-state index in [1.807, 2.05) is 25.4 Å². The molecule has 0 aliphatic carbocycles. The zero-order valence-corrected chi connectivity index (χ0v) is 15.2. The molecule has 2 rings (SSSR count). The van der Waals surface area contributed by atoms with E-state index in [-0.39, 0.29) is 11.9 Å². The number of hydrogen-bond acceptors (Lipinski definition) is 5. The number of alkyl halides is 2. The quantitative estimate of drug-likeness (QED) is 0.698. The van der Waals surface area contributed by atoms with Gasteiger partial charge in [-0.1, -0.05) is 6.58 Å². The molecule has 1 aromatic heterocycles. The van der Waals surface area contributed by atoms with Gasteiger partial charge in [-0.15, -0.1) is 0 Å². The van der Waals surface area contributed by atoms with Crippen LogP contribution in [0.15, 0.2) is 53.5 Å². The van der Waals surface area contributed by atoms with E-state index in [4.69, 9.17) is 4.74 Å². The highest BCUT2D eigenvalue weighted by Gasteiger charge is 2.22. The molecular formula is C19H24F2N4O. The largest absolute Gasteiger partial charge is 0.471 e. The Labute approximate surface area is 152 Å². The number of dihydropyridines is 1. The fourth-order valence-electron chi connectivity index (χ4n) is 2.47. The molecule has 0 fully saturated rings. The van der Waals surface area contributed by atoms with Crippen molar-refractivity contribution in [3.8, 4) is 5.88 Å². The second kappa shape index (κ2) is 8.71. The lowest BCUT2D eigenvalue weighted by Gasteiger charge is -2.21. The topological polar surface area (TPSA) is 58.5 Å². The van der Waals surface area contributed by atoms with Crippen molar-refractivity contribution in [2.24, 2.45) is 4.99 Å². The van der Waals surface area contributed by atoms with Gasteiger partial charge in [-0.25, -0.2) is 13.8 Å². The second-order valence-corrected chi connectivity index (χ2v) is 6.14. The Hall–Kier alpha value is -2.54. The van der Waals surface area contributed by atoms with Gasteiger partial charge in [0.2, 0.25) is 5.88 Å². The predicted octanol–water partition coefficient (Wildman–Crippen LogP) is 3.14. The van der Waals surface area contributed by atoms with Crippen molar-refractivity contribution in [3.05, 3.63) is 59.6 Å². The number of aryl methyl sites for hydroxylation is 1. The normalized spacial score (nSPS) is 17.5. The lowest BCUT2D eigenvalue weighted by atomic mass is 10.0. The lowest BCUT2D eigenvalue weighted by Crippen LogP contribution is -2.32. The van der Waals surface area contributed by atoms with Crippen molar-refractivity contribution in [2.45, 2.75) is 32.4 Å². The summed E-state index contributed by atoms with van der Waals surface area (Å²) in [5.74, 6) is -2.67. The molecule has 0 amide bonds. The van der Waals surface area contributed by atoms with Crippen LogP contribution >= 0.6 is 0 Å². The number of nitrogens with zero attached hydrogens (tertiary/aromatic N) is 2. The van der Waals surface area contributed by atoms with Gasteiger partial charge in [0, 0.05) is 36.2 Å². The van der Waals surface area contributed by atoms with Gasteiger partial charge in [0.05, 0.1) is 12.6 Å². The molecule has 5 nitrogen and oxygen atoms in total. The summed E-state index contributed by atoms with van der Waals surface area (Å²) in [6.07, 6.45) is 8.99. The molecule has 1 atom stereocenters. The van der Waals surface area contributed by atoms with Gasteiger partial charge in [-0.2, -0.15) is 0 Å². The molecule has 140 valence electrons. The van der Waals surface area contributed by atoms with Crippen LogP contribution in [-0.4, -0.2) is 36.8 Å². The van der Waals surface area contributed by atoms with Crippen LogP contribution < -0.4 is 15.4 Å².